The van der Waals surface area contributed by atoms with Crippen molar-refractivity contribution >= 4 is 0 Å². The highest BCUT2D eigenvalue weighted by atomic mass is 19.3. The molecule has 1 aliphatic carbocycles. The summed E-state index contributed by atoms with van der Waals surface area (Å²) in [5.41, 5.74) is 0. The van der Waals surface area contributed by atoms with Crippen LogP contribution in [0.15, 0.2) is 0 Å². The van der Waals surface area contributed by atoms with E-state index in [-0.39, 0.29) is 19.3 Å². The lowest BCUT2D eigenvalue weighted by molar-refractivity contribution is -0.126. The zero-order valence-corrected chi connectivity index (χ0v) is 11.6. The highest BCUT2D eigenvalue weighted by Gasteiger charge is 2.40. The van der Waals surface area contributed by atoms with Gasteiger partial charge < -0.3 is 15.2 Å². The molecule has 7 heteroatoms. The van der Waals surface area contributed by atoms with Crippen LogP contribution in [0, 0.1) is 5.92 Å². The van der Waals surface area contributed by atoms with Gasteiger partial charge in [-0.05, 0) is 18.8 Å². The van der Waals surface area contributed by atoms with E-state index >= 15 is 0 Å². The Hall–Kier alpha value is -0.400. The fourth-order valence-electron chi connectivity index (χ4n) is 2.32. The molecular formula is C13H23F4NO2. The Kier molecular flexibility index (Phi) is 7.19. The van der Waals surface area contributed by atoms with Gasteiger partial charge in [0.05, 0.1) is 25.4 Å². The average Bonchev–Trinajstić information content (AvgIpc) is 2.36. The van der Waals surface area contributed by atoms with E-state index < -0.39 is 25.0 Å². The highest BCUT2D eigenvalue weighted by molar-refractivity contribution is 4.74. The van der Waals surface area contributed by atoms with E-state index in [1.807, 2.05) is 0 Å². The van der Waals surface area contributed by atoms with Crippen LogP contribution in [0.4, 0.5) is 17.6 Å². The van der Waals surface area contributed by atoms with Crippen LogP contribution in [-0.4, -0.2) is 49.4 Å². The van der Waals surface area contributed by atoms with Crippen molar-refractivity contribution in [3.05, 3.63) is 0 Å². The SMILES string of the molecule is CC1CCCC(OCC(O)CNCC(F)(F)C(F)F)C1. The first-order chi connectivity index (χ1) is 9.31. The van der Waals surface area contributed by atoms with E-state index in [0.29, 0.717) is 5.92 Å². The van der Waals surface area contributed by atoms with Crippen LogP contribution in [0.5, 0.6) is 0 Å². The number of ether oxygens (including phenoxy) is 1. The fourth-order valence-corrected chi connectivity index (χ4v) is 2.32. The smallest absolute Gasteiger partial charge is 0.319 e. The summed E-state index contributed by atoms with van der Waals surface area (Å²) in [6.07, 6.45) is -0.450. The van der Waals surface area contributed by atoms with Gasteiger partial charge in [-0.2, -0.15) is 8.78 Å². The third-order valence-corrected chi connectivity index (χ3v) is 3.47. The van der Waals surface area contributed by atoms with Crippen molar-refractivity contribution in [2.75, 3.05) is 19.7 Å². The molecule has 0 amide bonds. The Balaban J connectivity index is 2.12. The lowest BCUT2D eigenvalue weighted by atomic mass is 9.89. The minimum absolute atomic E-state index is 0.0324. The fraction of sp³-hybridized carbons (Fsp3) is 1.00. The summed E-state index contributed by atoms with van der Waals surface area (Å²) in [5.74, 6) is -3.48. The van der Waals surface area contributed by atoms with Crippen molar-refractivity contribution in [2.24, 2.45) is 5.92 Å². The molecular weight excluding hydrogens is 278 g/mol. The summed E-state index contributed by atoms with van der Waals surface area (Å²) in [6, 6.07) is 0. The van der Waals surface area contributed by atoms with Crippen LogP contribution in [0.3, 0.4) is 0 Å². The zero-order chi connectivity index (χ0) is 15.2. The van der Waals surface area contributed by atoms with Gasteiger partial charge in [0.15, 0.2) is 0 Å². The van der Waals surface area contributed by atoms with Gasteiger partial charge in [-0.1, -0.05) is 19.8 Å². The van der Waals surface area contributed by atoms with Crippen LogP contribution >= 0.6 is 0 Å². The van der Waals surface area contributed by atoms with Crippen LogP contribution in [0.2, 0.25) is 0 Å². The molecule has 1 saturated carbocycles. The molecule has 0 radical (unpaired) electrons. The van der Waals surface area contributed by atoms with Gasteiger partial charge in [0.1, 0.15) is 0 Å². The lowest BCUT2D eigenvalue weighted by Crippen LogP contribution is -2.42. The maximum absolute atomic E-state index is 12.6. The molecule has 3 nitrogen and oxygen atoms in total. The molecule has 0 spiro atoms. The molecule has 1 rings (SSSR count). The third kappa shape index (κ3) is 6.37. The van der Waals surface area contributed by atoms with E-state index in [1.165, 1.54) is 6.42 Å². The van der Waals surface area contributed by atoms with Gasteiger partial charge in [-0.25, -0.2) is 8.78 Å². The minimum atomic E-state index is -4.07. The van der Waals surface area contributed by atoms with Crippen molar-refractivity contribution in [1.29, 1.82) is 0 Å². The van der Waals surface area contributed by atoms with Gasteiger partial charge in [0.2, 0.25) is 0 Å². The standard InChI is InChI=1S/C13H23F4NO2/c1-9-3-2-4-11(5-9)20-7-10(19)6-18-8-13(16,17)12(14)15/h9-12,18-19H,2-8H2,1H3. The number of hydrogen-bond donors (Lipinski definition) is 2. The Bertz CT molecular complexity index is 279. The maximum atomic E-state index is 12.6. The molecule has 120 valence electrons. The van der Waals surface area contributed by atoms with Crippen molar-refractivity contribution in [2.45, 2.75) is 57.2 Å². The van der Waals surface area contributed by atoms with Crippen molar-refractivity contribution in [3.63, 3.8) is 0 Å². The maximum Gasteiger partial charge on any atom is 0.319 e. The Morgan fingerprint density at radius 1 is 1.35 bits per heavy atom. The second-order valence-corrected chi connectivity index (χ2v) is 5.57. The third-order valence-electron chi connectivity index (χ3n) is 3.47. The summed E-state index contributed by atoms with van der Waals surface area (Å²) in [4.78, 5) is 0. The molecule has 0 aliphatic heterocycles. The Morgan fingerprint density at radius 2 is 2.05 bits per heavy atom. The zero-order valence-electron chi connectivity index (χ0n) is 11.6. The summed E-state index contributed by atoms with van der Waals surface area (Å²) in [6.45, 7) is 0.831. The van der Waals surface area contributed by atoms with E-state index in [0.717, 1.165) is 19.3 Å². The molecule has 0 saturated heterocycles. The van der Waals surface area contributed by atoms with E-state index in [4.69, 9.17) is 4.74 Å². The second-order valence-electron chi connectivity index (χ2n) is 5.57. The highest BCUT2D eigenvalue weighted by Crippen LogP contribution is 2.25. The summed E-state index contributed by atoms with van der Waals surface area (Å²) >= 11 is 0. The van der Waals surface area contributed by atoms with Gasteiger partial charge >= 0.3 is 12.3 Å². The Morgan fingerprint density at radius 3 is 2.65 bits per heavy atom. The predicted octanol–water partition coefficient (Wildman–Crippen LogP) is 2.43. The lowest BCUT2D eigenvalue weighted by Gasteiger charge is -2.27. The number of aliphatic hydroxyl groups excluding tert-OH is 1. The van der Waals surface area contributed by atoms with Crippen molar-refractivity contribution < 1.29 is 27.4 Å². The van der Waals surface area contributed by atoms with E-state index in [1.54, 1.807) is 0 Å². The van der Waals surface area contributed by atoms with Gasteiger partial charge in [0.25, 0.3) is 0 Å². The quantitative estimate of drug-likeness (QED) is 0.677. The van der Waals surface area contributed by atoms with Crippen molar-refractivity contribution in [1.82, 2.24) is 5.32 Å². The molecule has 0 bridgehead atoms. The minimum Gasteiger partial charge on any atom is -0.389 e. The van der Waals surface area contributed by atoms with Crippen LogP contribution in [0.1, 0.15) is 32.6 Å². The average molecular weight is 301 g/mol. The molecule has 0 aromatic heterocycles. The normalized spacial score (nSPS) is 25.9. The molecule has 2 N–H and O–H groups in total. The van der Waals surface area contributed by atoms with E-state index in [9.17, 15) is 22.7 Å². The number of nitrogens with one attached hydrogen (secondary N) is 1. The summed E-state index contributed by atoms with van der Waals surface area (Å²) in [5, 5.41) is 11.7. The number of rotatable bonds is 8. The number of hydrogen-bond acceptors (Lipinski definition) is 3. The summed E-state index contributed by atoms with van der Waals surface area (Å²) in [7, 11) is 0. The molecule has 0 heterocycles. The molecule has 1 fully saturated rings. The topological polar surface area (TPSA) is 41.5 Å². The van der Waals surface area contributed by atoms with Gasteiger partial charge in [-0.3, -0.25) is 0 Å². The molecule has 3 atom stereocenters. The molecule has 1 aliphatic rings. The van der Waals surface area contributed by atoms with Crippen LogP contribution in [-0.2, 0) is 4.74 Å². The second kappa shape index (κ2) is 8.14. The summed E-state index contributed by atoms with van der Waals surface area (Å²) < 4.78 is 54.5. The first kappa shape index (κ1) is 17.7. The van der Waals surface area contributed by atoms with Gasteiger partial charge in [0, 0.05) is 6.54 Å². The monoisotopic (exact) mass is 301 g/mol. The number of aliphatic hydroxyl groups is 1. The molecule has 20 heavy (non-hydrogen) atoms. The van der Waals surface area contributed by atoms with Gasteiger partial charge in [-0.15, -0.1) is 0 Å². The van der Waals surface area contributed by atoms with Crippen molar-refractivity contribution in [3.8, 4) is 0 Å². The first-order valence-corrected chi connectivity index (χ1v) is 6.97. The largest absolute Gasteiger partial charge is 0.389 e. The Labute approximate surface area is 116 Å². The number of halogens is 4. The molecule has 0 aromatic carbocycles. The van der Waals surface area contributed by atoms with Crippen LogP contribution in [0.25, 0.3) is 0 Å². The van der Waals surface area contributed by atoms with Crippen LogP contribution < -0.4 is 5.32 Å². The molecule has 3 unspecified atom stereocenters. The predicted molar refractivity (Wildman–Crippen MR) is 67.2 cm³/mol. The number of alkyl halides is 4. The molecule has 0 aromatic rings. The van der Waals surface area contributed by atoms with E-state index in [2.05, 4.69) is 12.2 Å². The first-order valence-electron chi connectivity index (χ1n) is 6.97.